The van der Waals surface area contributed by atoms with Gasteiger partial charge in [0, 0.05) is 23.6 Å². The Balaban J connectivity index is 2.40. The molecular formula is C14H19NO2. The van der Waals surface area contributed by atoms with E-state index >= 15 is 0 Å². The van der Waals surface area contributed by atoms with Crippen LogP contribution >= 0.6 is 0 Å². The zero-order chi connectivity index (χ0) is 12.5. The van der Waals surface area contributed by atoms with E-state index in [-0.39, 0.29) is 17.1 Å². The Morgan fingerprint density at radius 2 is 2.24 bits per heavy atom. The number of hydrogen-bond acceptors (Lipinski definition) is 2. The molecule has 0 aliphatic carbocycles. The van der Waals surface area contributed by atoms with Crippen LogP contribution in [0.1, 0.15) is 45.1 Å². The molecule has 0 saturated carbocycles. The molecule has 1 aromatic carbocycles. The fourth-order valence-corrected chi connectivity index (χ4v) is 2.60. The Morgan fingerprint density at radius 1 is 1.47 bits per heavy atom. The standard InChI is InChI=1S/C14H19NO2/c1-3-4-7-14(2)9-13(17)15-12-8-10(16)5-6-11(12)14/h5-6,8,16H,3-4,7,9H2,1-2H3,(H,15,17). The summed E-state index contributed by atoms with van der Waals surface area (Å²) in [6.45, 7) is 4.29. The number of amides is 1. The largest absolute Gasteiger partial charge is 0.508 e. The highest BCUT2D eigenvalue weighted by Crippen LogP contribution is 2.42. The highest BCUT2D eigenvalue weighted by atomic mass is 16.3. The normalized spacial score (nSPS) is 23.1. The van der Waals surface area contributed by atoms with Crippen molar-refractivity contribution in [1.82, 2.24) is 0 Å². The van der Waals surface area contributed by atoms with Gasteiger partial charge < -0.3 is 10.4 Å². The number of rotatable bonds is 3. The molecule has 3 heteroatoms. The van der Waals surface area contributed by atoms with Gasteiger partial charge in [0.15, 0.2) is 0 Å². The van der Waals surface area contributed by atoms with Crippen molar-refractivity contribution in [1.29, 1.82) is 0 Å². The van der Waals surface area contributed by atoms with E-state index in [9.17, 15) is 9.90 Å². The molecule has 0 radical (unpaired) electrons. The van der Waals surface area contributed by atoms with E-state index in [1.165, 1.54) is 0 Å². The molecule has 0 bridgehead atoms. The topological polar surface area (TPSA) is 49.3 Å². The van der Waals surface area contributed by atoms with E-state index in [4.69, 9.17) is 0 Å². The molecule has 1 aliphatic heterocycles. The summed E-state index contributed by atoms with van der Waals surface area (Å²) in [4.78, 5) is 11.7. The molecule has 1 atom stereocenters. The molecule has 92 valence electrons. The van der Waals surface area contributed by atoms with E-state index < -0.39 is 0 Å². The maximum atomic E-state index is 11.7. The van der Waals surface area contributed by atoms with Crippen LogP contribution < -0.4 is 5.32 Å². The van der Waals surface area contributed by atoms with Gasteiger partial charge in [-0.2, -0.15) is 0 Å². The molecule has 0 saturated heterocycles. The number of unbranched alkanes of at least 4 members (excludes halogenated alkanes) is 1. The minimum atomic E-state index is -0.0959. The number of benzene rings is 1. The molecule has 17 heavy (non-hydrogen) atoms. The first kappa shape index (κ1) is 12.0. The van der Waals surface area contributed by atoms with Gasteiger partial charge in [-0.25, -0.2) is 0 Å². The molecule has 2 rings (SSSR count). The number of anilines is 1. The summed E-state index contributed by atoms with van der Waals surface area (Å²) in [5.74, 6) is 0.241. The second-order valence-electron chi connectivity index (χ2n) is 5.12. The second-order valence-corrected chi connectivity index (χ2v) is 5.12. The summed E-state index contributed by atoms with van der Waals surface area (Å²) in [6, 6.07) is 5.26. The van der Waals surface area contributed by atoms with Crippen molar-refractivity contribution >= 4 is 11.6 Å². The van der Waals surface area contributed by atoms with Crippen LogP contribution in [0.4, 0.5) is 5.69 Å². The summed E-state index contributed by atoms with van der Waals surface area (Å²) in [7, 11) is 0. The van der Waals surface area contributed by atoms with Crippen LogP contribution in [0.2, 0.25) is 0 Å². The van der Waals surface area contributed by atoms with E-state index in [0.717, 1.165) is 30.5 Å². The molecule has 1 heterocycles. The summed E-state index contributed by atoms with van der Waals surface area (Å²) in [6.07, 6.45) is 3.79. The smallest absolute Gasteiger partial charge is 0.225 e. The second kappa shape index (κ2) is 4.40. The first-order valence-electron chi connectivity index (χ1n) is 6.18. The Bertz CT molecular complexity index is 442. The minimum absolute atomic E-state index is 0.0432. The van der Waals surface area contributed by atoms with Gasteiger partial charge in [0.1, 0.15) is 5.75 Å². The van der Waals surface area contributed by atoms with Gasteiger partial charge in [-0.05, 0) is 18.1 Å². The van der Waals surface area contributed by atoms with E-state index in [2.05, 4.69) is 19.2 Å². The van der Waals surface area contributed by atoms with E-state index in [1.54, 1.807) is 12.1 Å². The molecular weight excluding hydrogens is 214 g/mol. The first-order chi connectivity index (χ1) is 8.05. The van der Waals surface area contributed by atoms with Crippen LogP contribution in [0, 0.1) is 0 Å². The van der Waals surface area contributed by atoms with Gasteiger partial charge in [0.05, 0.1) is 0 Å². The minimum Gasteiger partial charge on any atom is -0.508 e. The summed E-state index contributed by atoms with van der Waals surface area (Å²) >= 11 is 0. The van der Waals surface area contributed by atoms with Crippen molar-refractivity contribution in [2.75, 3.05) is 5.32 Å². The van der Waals surface area contributed by atoms with Crippen LogP contribution in [-0.2, 0) is 10.2 Å². The molecule has 3 nitrogen and oxygen atoms in total. The summed E-state index contributed by atoms with van der Waals surface area (Å²) < 4.78 is 0. The molecule has 0 aromatic heterocycles. The molecule has 1 amide bonds. The van der Waals surface area contributed by atoms with Crippen molar-refractivity contribution < 1.29 is 9.90 Å². The molecule has 0 spiro atoms. The first-order valence-corrected chi connectivity index (χ1v) is 6.18. The Labute approximate surface area is 102 Å². The van der Waals surface area contributed by atoms with Crippen molar-refractivity contribution in [3.8, 4) is 5.75 Å². The predicted octanol–water partition coefficient (Wildman–Crippen LogP) is 3.18. The number of hydrogen-bond donors (Lipinski definition) is 2. The molecule has 1 unspecified atom stereocenters. The van der Waals surface area contributed by atoms with Gasteiger partial charge >= 0.3 is 0 Å². The third kappa shape index (κ3) is 2.28. The highest BCUT2D eigenvalue weighted by Gasteiger charge is 2.35. The number of phenols is 1. The fraction of sp³-hybridized carbons (Fsp3) is 0.500. The van der Waals surface area contributed by atoms with Crippen LogP contribution in [0.25, 0.3) is 0 Å². The summed E-state index contributed by atoms with van der Waals surface area (Å²) in [5, 5.41) is 12.3. The third-order valence-electron chi connectivity index (χ3n) is 3.56. The van der Waals surface area contributed by atoms with Gasteiger partial charge in [0.25, 0.3) is 0 Å². The van der Waals surface area contributed by atoms with Crippen molar-refractivity contribution in [2.24, 2.45) is 0 Å². The van der Waals surface area contributed by atoms with E-state index in [1.807, 2.05) is 6.07 Å². The van der Waals surface area contributed by atoms with Crippen LogP contribution in [-0.4, -0.2) is 11.0 Å². The van der Waals surface area contributed by atoms with Crippen LogP contribution in [0.5, 0.6) is 5.75 Å². The molecule has 2 N–H and O–H groups in total. The average molecular weight is 233 g/mol. The van der Waals surface area contributed by atoms with Gasteiger partial charge in [-0.3, -0.25) is 4.79 Å². The zero-order valence-electron chi connectivity index (χ0n) is 10.4. The molecule has 1 aromatic rings. The number of fused-ring (bicyclic) bond motifs is 1. The van der Waals surface area contributed by atoms with Crippen molar-refractivity contribution in [3.63, 3.8) is 0 Å². The fourth-order valence-electron chi connectivity index (χ4n) is 2.60. The van der Waals surface area contributed by atoms with Gasteiger partial charge in [-0.1, -0.05) is 32.8 Å². The van der Waals surface area contributed by atoms with Crippen molar-refractivity contribution in [3.05, 3.63) is 23.8 Å². The number of phenolic OH excluding ortho intramolecular Hbond substituents is 1. The summed E-state index contributed by atoms with van der Waals surface area (Å²) in [5.41, 5.74) is 1.81. The Hall–Kier alpha value is -1.51. The lowest BCUT2D eigenvalue weighted by atomic mass is 9.73. The maximum absolute atomic E-state index is 11.7. The number of aromatic hydroxyl groups is 1. The highest BCUT2D eigenvalue weighted by molar-refractivity contribution is 5.95. The lowest BCUT2D eigenvalue weighted by Crippen LogP contribution is -2.34. The Kier molecular flexibility index (Phi) is 3.09. The SMILES string of the molecule is CCCCC1(C)CC(=O)Nc2cc(O)ccc21. The zero-order valence-corrected chi connectivity index (χ0v) is 10.4. The lowest BCUT2D eigenvalue weighted by molar-refractivity contribution is -0.117. The number of carbonyl (C=O) groups excluding carboxylic acids is 1. The van der Waals surface area contributed by atoms with E-state index in [0.29, 0.717) is 6.42 Å². The number of nitrogens with one attached hydrogen (secondary N) is 1. The molecule has 1 aliphatic rings. The van der Waals surface area contributed by atoms with Crippen molar-refractivity contribution in [2.45, 2.75) is 44.9 Å². The Morgan fingerprint density at radius 3 is 2.94 bits per heavy atom. The lowest BCUT2D eigenvalue weighted by Gasteiger charge is -2.35. The molecule has 0 fully saturated rings. The maximum Gasteiger partial charge on any atom is 0.225 e. The van der Waals surface area contributed by atoms with Crippen LogP contribution in [0.3, 0.4) is 0 Å². The van der Waals surface area contributed by atoms with Gasteiger partial charge in [-0.15, -0.1) is 0 Å². The predicted molar refractivity (Wildman–Crippen MR) is 68.2 cm³/mol. The third-order valence-corrected chi connectivity index (χ3v) is 3.56. The monoisotopic (exact) mass is 233 g/mol. The van der Waals surface area contributed by atoms with Crippen LogP contribution in [0.15, 0.2) is 18.2 Å². The van der Waals surface area contributed by atoms with Gasteiger partial charge in [0.2, 0.25) is 5.91 Å². The quantitative estimate of drug-likeness (QED) is 0.842. The number of carbonyl (C=O) groups is 1. The average Bonchev–Trinajstić information content (AvgIpc) is 2.25.